The molecule has 0 fully saturated rings. The maximum atomic E-state index is 6.21. The van der Waals surface area contributed by atoms with Crippen molar-refractivity contribution < 1.29 is 4.74 Å². The summed E-state index contributed by atoms with van der Waals surface area (Å²) < 4.78 is 6.21. The minimum Gasteiger partial charge on any atom is -0.487 e. The van der Waals surface area contributed by atoms with E-state index in [4.69, 9.17) is 9.72 Å². The molecule has 3 nitrogen and oxygen atoms in total. The number of hydrogen-bond acceptors (Lipinski definition) is 3. The molecule has 0 radical (unpaired) electrons. The van der Waals surface area contributed by atoms with E-state index in [0.717, 1.165) is 40.5 Å². The second kappa shape index (κ2) is 8.03. The van der Waals surface area contributed by atoms with E-state index in [-0.39, 0.29) is 6.04 Å². The standard InChI is InChI=1S/C27H24N2O/c1-20(21-11-5-2-6-12-21)29-17-18-30-26-24(22-13-7-3-8-14-22)19-25(28-27(26)29)23-15-9-4-10-16-23/h2-16,19-20H,17-18H2,1H3/t20-/m0/s1. The maximum Gasteiger partial charge on any atom is 0.173 e. The van der Waals surface area contributed by atoms with Crippen molar-refractivity contribution in [2.45, 2.75) is 13.0 Å². The molecule has 1 aliphatic rings. The molecule has 0 spiro atoms. The molecule has 1 atom stereocenters. The van der Waals surface area contributed by atoms with Gasteiger partial charge in [-0.1, -0.05) is 91.0 Å². The van der Waals surface area contributed by atoms with Crippen molar-refractivity contribution in [3.63, 3.8) is 0 Å². The number of fused-ring (bicyclic) bond motifs is 1. The molecule has 5 rings (SSSR count). The molecule has 0 saturated heterocycles. The van der Waals surface area contributed by atoms with Crippen LogP contribution in [0.3, 0.4) is 0 Å². The summed E-state index contributed by atoms with van der Waals surface area (Å²) in [5, 5.41) is 0. The lowest BCUT2D eigenvalue weighted by Gasteiger charge is -2.36. The Balaban J connectivity index is 1.69. The van der Waals surface area contributed by atoms with Crippen LogP contribution in [0.2, 0.25) is 0 Å². The SMILES string of the molecule is C[C@@H](c1ccccc1)N1CCOc2c(-c3ccccc3)cc(-c3ccccc3)nc21. The predicted octanol–water partition coefficient (Wildman–Crippen LogP) is 6.38. The summed E-state index contributed by atoms with van der Waals surface area (Å²) in [6, 6.07) is 33.8. The number of pyridine rings is 1. The van der Waals surface area contributed by atoms with Crippen LogP contribution in [0.1, 0.15) is 18.5 Å². The van der Waals surface area contributed by atoms with Crippen molar-refractivity contribution in [1.82, 2.24) is 4.98 Å². The lowest BCUT2D eigenvalue weighted by molar-refractivity contribution is 0.300. The fraction of sp³-hybridized carbons (Fsp3) is 0.148. The van der Waals surface area contributed by atoms with Gasteiger partial charge in [0.25, 0.3) is 0 Å². The van der Waals surface area contributed by atoms with Gasteiger partial charge in [0.1, 0.15) is 6.61 Å². The summed E-state index contributed by atoms with van der Waals surface area (Å²) >= 11 is 0. The van der Waals surface area contributed by atoms with E-state index in [0.29, 0.717) is 6.61 Å². The highest BCUT2D eigenvalue weighted by molar-refractivity contribution is 5.82. The molecule has 0 bridgehead atoms. The number of nitrogens with zero attached hydrogens (tertiary/aromatic N) is 2. The van der Waals surface area contributed by atoms with Crippen molar-refractivity contribution in [3.8, 4) is 28.1 Å². The number of ether oxygens (including phenoxy) is 1. The second-order valence-electron chi connectivity index (χ2n) is 7.57. The molecule has 0 amide bonds. The fourth-order valence-electron chi connectivity index (χ4n) is 4.09. The van der Waals surface area contributed by atoms with Gasteiger partial charge in [0.15, 0.2) is 11.6 Å². The first-order valence-electron chi connectivity index (χ1n) is 10.4. The van der Waals surface area contributed by atoms with Gasteiger partial charge in [-0.3, -0.25) is 0 Å². The van der Waals surface area contributed by atoms with E-state index in [9.17, 15) is 0 Å². The molecule has 0 aliphatic carbocycles. The molecule has 1 aliphatic heterocycles. The molecule has 3 heteroatoms. The Hall–Kier alpha value is -3.59. The maximum absolute atomic E-state index is 6.21. The highest BCUT2D eigenvalue weighted by Gasteiger charge is 2.28. The number of benzene rings is 3. The average Bonchev–Trinajstić information content (AvgIpc) is 2.84. The topological polar surface area (TPSA) is 25.4 Å². The van der Waals surface area contributed by atoms with Gasteiger partial charge in [0, 0.05) is 11.1 Å². The minimum atomic E-state index is 0.205. The van der Waals surface area contributed by atoms with Gasteiger partial charge in [-0.05, 0) is 24.1 Å². The Morgan fingerprint density at radius 3 is 2.07 bits per heavy atom. The van der Waals surface area contributed by atoms with Crippen molar-refractivity contribution in [2.24, 2.45) is 0 Å². The van der Waals surface area contributed by atoms with E-state index in [1.807, 2.05) is 12.1 Å². The van der Waals surface area contributed by atoms with E-state index >= 15 is 0 Å². The zero-order valence-corrected chi connectivity index (χ0v) is 17.0. The van der Waals surface area contributed by atoms with Crippen molar-refractivity contribution in [1.29, 1.82) is 0 Å². The molecule has 0 saturated carbocycles. The van der Waals surface area contributed by atoms with Gasteiger partial charge in [0.2, 0.25) is 0 Å². The molecule has 4 aromatic rings. The smallest absolute Gasteiger partial charge is 0.173 e. The molecule has 3 aromatic carbocycles. The van der Waals surface area contributed by atoms with Crippen molar-refractivity contribution in [2.75, 3.05) is 18.1 Å². The van der Waals surface area contributed by atoms with Crippen LogP contribution in [0.4, 0.5) is 5.82 Å². The van der Waals surface area contributed by atoms with E-state index in [1.165, 1.54) is 5.56 Å². The normalized spacial score (nSPS) is 14.0. The van der Waals surface area contributed by atoms with Crippen LogP contribution in [0.25, 0.3) is 22.4 Å². The zero-order valence-electron chi connectivity index (χ0n) is 17.0. The van der Waals surface area contributed by atoms with Gasteiger partial charge in [-0.25, -0.2) is 4.98 Å². The first-order chi connectivity index (χ1) is 14.8. The van der Waals surface area contributed by atoms with Crippen LogP contribution in [0.15, 0.2) is 97.1 Å². The van der Waals surface area contributed by atoms with E-state index < -0.39 is 0 Å². The highest BCUT2D eigenvalue weighted by atomic mass is 16.5. The summed E-state index contributed by atoms with van der Waals surface area (Å²) in [6.07, 6.45) is 0. The third-order valence-corrected chi connectivity index (χ3v) is 5.71. The lowest BCUT2D eigenvalue weighted by Crippen LogP contribution is -2.36. The second-order valence-corrected chi connectivity index (χ2v) is 7.57. The quantitative estimate of drug-likeness (QED) is 0.403. The van der Waals surface area contributed by atoms with E-state index in [2.05, 4.69) is 96.8 Å². The van der Waals surface area contributed by atoms with Crippen LogP contribution in [-0.2, 0) is 0 Å². The van der Waals surface area contributed by atoms with Gasteiger partial charge < -0.3 is 9.64 Å². The van der Waals surface area contributed by atoms with Crippen LogP contribution < -0.4 is 9.64 Å². The lowest BCUT2D eigenvalue weighted by atomic mass is 10.00. The molecule has 0 N–H and O–H groups in total. The molecule has 1 aromatic heterocycles. The predicted molar refractivity (Wildman–Crippen MR) is 123 cm³/mol. The molecule has 148 valence electrons. The van der Waals surface area contributed by atoms with Crippen LogP contribution >= 0.6 is 0 Å². The average molecular weight is 393 g/mol. The van der Waals surface area contributed by atoms with Gasteiger partial charge in [0.05, 0.1) is 18.3 Å². The van der Waals surface area contributed by atoms with Crippen LogP contribution in [-0.4, -0.2) is 18.1 Å². The Morgan fingerprint density at radius 2 is 1.40 bits per heavy atom. The summed E-state index contributed by atoms with van der Waals surface area (Å²) in [5.41, 5.74) is 5.57. The molecular formula is C27H24N2O. The Labute approximate surface area is 177 Å². The Bertz CT molecular complexity index is 1130. The highest BCUT2D eigenvalue weighted by Crippen LogP contribution is 2.44. The molecule has 2 heterocycles. The Morgan fingerprint density at radius 1 is 0.800 bits per heavy atom. The minimum absolute atomic E-state index is 0.205. The summed E-state index contributed by atoms with van der Waals surface area (Å²) in [5.74, 6) is 1.78. The number of rotatable bonds is 4. The first kappa shape index (κ1) is 18.4. The largest absolute Gasteiger partial charge is 0.487 e. The van der Waals surface area contributed by atoms with Crippen LogP contribution in [0, 0.1) is 0 Å². The van der Waals surface area contributed by atoms with Gasteiger partial charge in [-0.2, -0.15) is 0 Å². The van der Waals surface area contributed by atoms with Crippen molar-refractivity contribution >= 4 is 5.82 Å². The third kappa shape index (κ3) is 3.43. The summed E-state index contributed by atoms with van der Waals surface area (Å²) in [7, 11) is 0. The summed E-state index contributed by atoms with van der Waals surface area (Å²) in [4.78, 5) is 7.47. The van der Waals surface area contributed by atoms with Crippen molar-refractivity contribution in [3.05, 3.63) is 103 Å². The Kier molecular flexibility index (Phi) is 4.94. The van der Waals surface area contributed by atoms with E-state index in [1.54, 1.807) is 0 Å². The third-order valence-electron chi connectivity index (χ3n) is 5.71. The molecular weight excluding hydrogens is 368 g/mol. The fourth-order valence-corrected chi connectivity index (χ4v) is 4.09. The van der Waals surface area contributed by atoms with Gasteiger partial charge in [-0.15, -0.1) is 0 Å². The number of anilines is 1. The molecule has 30 heavy (non-hydrogen) atoms. The number of hydrogen-bond donors (Lipinski definition) is 0. The monoisotopic (exact) mass is 392 g/mol. The number of aromatic nitrogens is 1. The zero-order chi connectivity index (χ0) is 20.3. The first-order valence-corrected chi connectivity index (χ1v) is 10.4. The van der Waals surface area contributed by atoms with Gasteiger partial charge >= 0.3 is 0 Å². The summed E-state index contributed by atoms with van der Waals surface area (Å²) in [6.45, 7) is 3.70. The van der Waals surface area contributed by atoms with Crippen LogP contribution in [0.5, 0.6) is 5.75 Å². The molecule has 0 unspecified atom stereocenters.